The van der Waals surface area contributed by atoms with Crippen LogP contribution >= 0.6 is 8.03 Å². The summed E-state index contributed by atoms with van der Waals surface area (Å²) in [5, 5.41) is 18.2. The highest BCUT2D eigenvalue weighted by atomic mass is 31.1. The van der Waals surface area contributed by atoms with Gasteiger partial charge in [-0.25, -0.2) is 0 Å². The Morgan fingerprint density at radius 1 is 1.25 bits per heavy atom. The number of aliphatic hydroxyl groups excluding tert-OH is 1. The molecule has 28 heavy (non-hydrogen) atoms. The van der Waals surface area contributed by atoms with Crippen molar-refractivity contribution >= 4 is 14.0 Å². The van der Waals surface area contributed by atoms with Gasteiger partial charge in [-0.2, -0.15) is 0 Å². The van der Waals surface area contributed by atoms with E-state index in [1.807, 2.05) is 0 Å². The summed E-state index contributed by atoms with van der Waals surface area (Å²) >= 11 is 0. The fourth-order valence-corrected chi connectivity index (χ4v) is 5.31. The molecular formula is C22H35O5P. The van der Waals surface area contributed by atoms with Crippen LogP contribution < -0.4 is 0 Å². The minimum atomic E-state index is -2.40. The number of carboxylic acid groups (broad SMARTS) is 1. The Hall–Kier alpha value is -1.16. The van der Waals surface area contributed by atoms with Gasteiger partial charge in [-0.05, 0) is 55.7 Å². The Morgan fingerprint density at radius 2 is 1.96 bits per heavy atom. The summed E-state index contributed by atoms with van der Waals surface area (Å²) in [6, 6.07) is 4.55. The van der Waals surface area contributed by atoms with Crippen molar-refractivity contribution in [2.45, 2.75) is 77.7 Å². The first-order valence-corrected chi connectivity index (χ1v) is 12.0. The maximum atomic E-state index is 11.9. The summed E-state index contributed by atoms with van der Waals surface area (Å²) in [5.74, 6) is -0.306. The van der Waals surface area contributed by atoms with E-state index in [4.69, 9.17) is 9.63 Å². The number of hydrogen-bond acceptors (Lipinski definition) is 4. The average molecular weight is 410 g/mol. The Kier molecular flexibility index (Phi) is 9.70. The molecule has 1 unspecified atom stereocenters. The lowest BCUT2D eigenvalue weighted by Gasteiger charge is -2.24. The molecule has 1 aromatic rings. The minimum Gasteiger partial charge on any atom is -0.481 e. The molecule has 1 saturated carbocycles. The van der Waals surface area contributed by atoms with E-state index in [-0.39, 0.29) is 6.16 Å². The van der Waals surface area contributed by atoms with Gasteiger partial charge in [-0.15, -0.1) is 0 Å². The van der Waals surface area contributed by atoms with Crippen LogP contribution in [0.25, 0.3) is 0 Å². The zero-order valence-electron chi connectivity index (χ0n) is 17.2. The molecule has 0 aromatic heterocycles. The third-order valence-electron chi connectivity index (χ3n) is 5.59. The zero-order valence-corrected chi connectivity index (χ0v) is 18.2. The summed E-state index contributed by atoms with van der Waals surface area (Å²) < 4.78 is 17.3. The molecule has 0 heterocycles. The molecule has 1 fully saturated rings. The van der Waals surface area contributed by atoms with Gasteiger partial charge >= 0.3 is 5.97 Å². The summed E-state index contributed by atoms with van der Waals surface area (Å²) in [6.07, 6.45) is 7.94. The third kappa shape index (κ3) is 8.06. The highest BCUT2D eigenvalue weighted by Gasteiger charge is 2.17. The molecule has 0 saturated heterocycles. The SMILES string of the molecule is Cc1cc(C)c(CCCO[PH](=O)C[C@@H](O)CC(=O)O)c(CC2CCCCC2)c1. The maximum Gasteiger partial charge on any atom is 0.305 e. The molecule has 2 rings (SSSR count). The van der Waals surface area contributed by atoms with Crippen LogP contribution in [0.2, 0.25) is 0 Å². The van der Waals surface area contributed by atoms with E-state index in [0.717, 1.165) is 25.2 Å². The number of aliphatic hydroxyl groups is 1. The topological polar surface area (TPSA) is 83.8 Å². The molecule has 0 radical (unpaired) electrons. The van der Waals surface area contributed by atoms with E-state index < -0.39 is 26.5 Å². The van der Waals surface area contributed by atoms with E-state index in [1.165, 1.54) is 54.4 Å². The predicted octanol–water partition coefficient (Wildman–Crippen LogP) is 4.69. The van der Waals surface area contributed by atoms with Crippen LogP contribution in [0.3, 0.4) is 0 Å². The van der Waals surface area contributed by atoms with Crippen molar-refractivity contribution in [2.24, 2.45) is 5.92 Å². The van der Waals surface area contributed by atoms with Crippen molar-refractivity contribution in [2.75, 3.05) is 12.8 Å². The van der Waals surface area contributed by atoms with Gasteiger partial charge in [0.15, 0.2) is 8.03 Å². The molecule has 1 aliphatic carbocycles. The number of carbonyl (C=O) groups is 1. The van der Waals surface area contributed by atoms with Gasteiger partial charge in [-0.1, -0.05) is 49.8 Å². The maximum absolute atomic E-state index is 11.9. The van der Waals surface area contributed by atoms with Gasteiger partial charge in [0, 0.05) is 6.16 Å². The molecule has 0 spiro atoms. The van der Waals surface area contributed by atoms with E-state index in [1.54, 1.807) is 0 Å². The van der Waals surface area contributed by atoms with Crippen LogP contribution in [-0.2, 0) is 26.7 Å². The molecule has 2 atom stereocenters. The second kappa shape index (κ2) is 11.7. The quantitative estimate of drug-likeness (QED) is 0.409. The first kappa shape index (κ1) is 23.1. The van der Waals surface area contributed by atoms with Gasteiger partial charge in [0.2, 0.25) is 0 Å². The largest absolute Gasteiger partial charge is 0.481 e. The highest BCUT2D eigenvalue weighted by Crippen LogP contribution is 2.30. The molecule has 1 aliphatic rings. The van der Waals surface area contributed by atoms with Gasteiger partial charge in [0.1, 0.15) is 0 Å². The van der Waals surface area contributed by atoms with E-state index in [0.29, 0.717) is 6.61 Å². The Morgan fingerprint density at radius 3 is 2.64 bits per heavy atom. The Bertz CT molecular complexity index is 667. The van der Waals surface area contributed by atoms with E-state index >= 15 is 0 Å². The van der Waals surface area contributed by atoms with Crippen LogP contribution in [0.5, 0.6) is 0 Å². The average Bonchev–Trinajstić information content (AvgIpc) is 2.60. The Balaban J connectivity index is 1.85. The van der Waals surface area contributed by atoms with Gasteiger partial charge in [0.25, 0.3) is 0 Å². The number of carboxylic acids is 1. The van der Waals surface area contributed by atoms with Gasteiger partial charge in [0.05, 0.1) is 19.1 Å². The second-order valence-electron chi connectivity index (χ2n) is 8.21. The molecule has 158 valence electrons. The summed E-state index contributed by atoms with van der Waals surface area (Å²) in [4.78, 5) is 10.5. The Labute approximate surface area is 169 Å². The fourth-order valence-electron chi connectivity index (χ4n) is 4.29. The normalized spacial score (nSPS) is 17.4. The van der Waals surface area contributed by atoms with Crippen LogP contribution in [-0.4, -0.2) is 35.1 Å². The number of hydrogen-bond donors (Lipinski definition) is 2. The van der Waals surface area contributed by atoms with Crippen molar-refractivity contribution in [1.29, 1.82) is 0 Å². The first-order chi connectivity index (χ1) is 13.3. The summed E-state index contributed by atoms with van der Waals surface area (Å²) in [6.45, 7) is 4.69. The van der Waals surface area contributed by atoms with Crippen molar-refractivity contribution in [3.63, 3.8) is 0 Å². The molecule has 5 nitrogen and oxygen atoms in total. The lowest BCUT2D eigenvalue weighted by molar-refractivity contribution is -0.138. The van der Waals surface area contributed by atoms with Gasteiger partial charge in [-0.3, -0.25) is 9.36 Å². The standard InChI is InChI=1S/C22H35O5P/c1-16-11-17(2)21(19(12-16)13-18-7-4-3-5-8-18)9-6-10-27-28(26)15-20(23)14-22(24)25/h11-12,18,20,23,28H,3-10,13-15H2,1-2H3,(H,24,25)/t20-/m0/s1. The lowest BCUT2D eigenvalue weighted by atomic mass is 9.82. The summed E-state index contributed by atoms with van der Waals surface area (Å²) in [7, 11) is -2.40. The van der Waals surface area contributed by atoms with Crippen molar-refractivity contribution in [1.82, 2.24) is 0 Å². The van der Waals surface area contributed by atoms with Crippen LogP contribution in [0.15, 0.2) is 12.1 Å². The molecule has 0 amide bonds. The molecule has 2 N–H and O–H groups in total. The number of aryl methyl sites for hydroxylation is 2. The van der Waals surface area contributed by atoms with Crippen molar-refractivity contribution < 1.29 is 24.1 Å². The zero-order chi connectivity index (χ0) is 20.5. The van der Waals surface area contributed by atoms with E-state index in [9.17, 15) is 14.5 Å². The number of aliphatic carboxylic acids is 1. The fraction of sp³-hybridized carbons (Fsp3) is 0.682. The minimum absolute atomic E-state index is 0.0898. The number of benzene rings is 1. The second-order valence-corrected chi connectivity index (χ2v) is 9.65. The highest BCUT2D eigenvalue weighted by molar-refractivity contribution is 7.39. The third-order valence-corrected chi connectivity index (χ3v) is 6.92. The van der Waals surface area contributed by atoms with E-state index in [2.05, 4.69) is 26.0 Å². The van der Waals surface area contributed by atoms with Crippen molar-refractivity contribution in [3.8, 4) is 0 Å². The van der Waals surface area contributed by atoms with Crippen molar-refractivity contribution in [3.05, 3.63) is 34.4 Å². The predicted molar refractivity (Wildman–Crippen MR) is 113 cm³/mol. The number of rotatable bonds is 11. The first-order valence-electron chi connectivity index (χ1n) is 10.5. The van der Waals surface area contributed by atoms with Crippen LogP contribution in [0, 0.1) is 19.8 Å². The molecule has 0 aliphatic heterocycles. The smallest absolute Gasteiger partial charge is 0.305 e. The van der Waals surface area contributed by atoms with Crippen LogP contribution in [0.4, 0.5) is 0 Å². The molecule has 6 heteroatoms. The molecule has 0 bridgehead atoms. The summed E-state index contributed by atoms with van der Waals surface area (Å²) in [5.41, 5.74) is 5.47. The van der Waals surface area contributed by atoms with Gasteiger partial charge < -0.3 is 14.7 Å². The lowest BCUT2D eigenvalue weighted by Crippen LogP contribution is -2.15. The van der Waals surface area contributed by atoms with Crippen LogP contribution in [0.1, 0.15) is 67.2 Å². The molecular weight excluding hydrogens is 375 g/mol. The molecule has 1 aromatic carbocycles. The monoisotopic (exact) mass is 410 g/mol.